The number of amides is 1. The van der Waals surface area contributed by atoms with E-state index in [9.17, 15) is 4.79 Å². The topological polar surface area (TPSA) is 36.4 Å². The Bertz CT molecular complexity index is 668. The van der Waals surface area contributed by atoms with Crippen LogP contribution in [0.3, 0.4) is 0 Å². The minimum absolute atomic E-state index is 0.136. The van der Waals surface area contributed by atoms with E-state index in [2.05, 4.69) is 40.2 Å². The summed E-state index contributed by atoms with van der Waals surface area (Å²) in [7, 11) is 0. The van der Waals surface area contributed by atoms with E-state index in [0.717, 1.165) is 44.7 Å². The highest BCUT2D eigenvalue weighted by Gasteiger charge is 2.31. The van der Waals surface area contributed by atoms with Crippen molar-refractivity contribution in [2.75, 3.05) is 31.1 Å². The van der Waals surface area contributed by atoms with Crippen LogP contribution in [0.25, 0.3) is 0 Å². The lowest BCUT2D eigenvalue weighted by molar-refractivity contribution is -0.135. The minimum Gasteiger partial charge on any atom is -0.367 e. The zero-order valence-electron chi connectivity index (χ0n) is 13.2. The normalized spacial score (nSPS) is 18.1. The fourth-order valence-corrected chi connectivity index (χ4v) is 3.72. The van der Waals surface area contributed by atoms with E-state index in [4.69, 9.17) is 0 Å². The zero-order chi connectivity index (χ0) is 15.6. The van der Waals surface area contributed by atoms with Gasteiger partial charge in [-0.2, -0.15) is 0 Å². The Morgan fingerprint density at radius 1 is 0.957 bits per heavy atom. The van der Waals surface area contributed by atoms with E-state index in [1.54, 1.807) is 6.20 Å². The molecule has 23 heavy (non-hydrogen) atoms. The van der Waals surface area contributed by atoms with Crippen molar-refractivity contribution in [1.29, 1.82) is 0 Å². The largest absolute Gasteiger partial charge is 0.367 e. The number of rotatable bonds is 2. The first-order valence-corrected chi connectivity index (χ1v) is 8.32. The molecule has 2 aromatic rings. The predicted molar refractivity (Wildman–Crippen MR) is 90.4 cm³/mol. The van der Waals surface area contributed by atoms with E-state index >= 15 is 0 Å². The van der Waals surface area contributed by atoms with Gasteiger partial charge >= 0.3 is 0 Å². The fraction of sp³-hybridized carbons (Fsp3) is 0.368. The number of carbonyl (C=O) groups excluding carboxylic acids is 1. The first-order chi connectivity index (χ1) is 11.3. The van der Waals surface area contributed by atoms with E-state index in [-0.39, 0.29) is 5.92 Å². The Morgan fingerprint density at radius 2 is 1.65 bits per heavy atom. The maximum Gasteiger partial charge on any atom is 0.226 e. The molecule has 0 bridgehead atoms. The standard InChI is InChI=1S/C19H21N3O/c23-19(17-12-15-4-1-2-5-16(15)13-17)22-10-8-21(9-11-22)18-6-3-7-20-14-18/h1-7,14,17H,8-13H2. The highest BCUT2D eigenvalue weighted by molar-refractivity contribution is 5.80. The molecule has 0 spiro atoms. The second kappa shape index (κ2) is 6.03. The van der Waals surface area contributed by atoms with E-state index in [1.807, 2.05) is 17.2 Å². The third kappa shape index (κ3) is 2.81. The van der Waals surface area contributed by atoms with Gasteiger partial charge in [0.05, 0.1) is 11.9 Å². The van der Waals surface area contributed by atoms with Gasteiger partial charge in [0.2, 0.25) is 5.91 Å². The van der Waals surface area contributed by atoms with Crippen LogP contribution in [0.15, 0.2) is 48.8 Å². The number of carbonyl (C=O) groups is 1. The van der Waals surface area contributed by atoms with Crippen molar-refractivity contribution in [2.24, 2.45) is 5.92 Å². The summed E-state index contributed by atoms with van der Waals surface area (Å²) in [6.07, 6.45) is 5.49. The molecule has 1 aliphatic heterocycles. The summed E-state index contributed by atoms with van der Waals surface area (Å²) in [5.74, 6) is 0.462. The van der Waals surface area contributed by atoms with Crippen molar-refractivity contribution in [1.82, 2.24) is 9.88 Å². The second-order valence-electron chi connectivity index (χ2n) is 6.40. The first-order valence-electron chi connectivity index (χ1n) is 8.32. The number of aromatic nitrogens is 1. The zero-order valence-corrected chi connectivity index (χ0v) is 13.2. The van der Waals surface area contributed by atoms with Gasteiger partial charge in [-0.3, -0.25) is 9.78 Å². The molecule has 0 atom stereocenters. The third-order valence-corrected chi connectivity index (χ3v) is 5.00. The van der Waals surface area contributed by atoms with Gasteiger partial charge in [0, 0.05) is 38.3 Å². The summed E-state index contributed by atoms with van der Waals surface area (Å²) >= 11 is 0. The molecule has 4 nitrogen and oxygen atoms in total. The molecule has 1 aliphatic carbocycles. The van der Waals surface area contributed by atoms with E-state index < -0.39 is 0 Å². The molecular weight excluding hydrogens is 286 g/mol. The van der Waals surface area contributed by atoms with Crippen LogP contribution in [0.4, 0.5) is 5.69 Å². The monoisotopic (exact) mass is 307 g/mol. The molecular formula is C19H21N3O. The molecule has 118 valence electrons. The van der Waals surface area contributed by atoms with Crippen LogP contribution in [0, 0.1) is 5.92 Å². The molecule has 4 rings (SSSR count). The van der Waals surface area contributed by atoms with Gasteiger partial charge in [-0.05, 0) is 36.1 Å². The molecule has 0 N–H and O–H groups in total. The number of hydrogen-bond donors (Lipinski definition) is 0. The molecule has 1 fully saturated rings. The minimum atomic E-state index is 0.136. The van der Waals surface area contributed by atoms with Crippen LogP contribution in [-0.4, -0.2) is 42.0 Å². The third-order valence-electron chi connectivity index (χ3n) is 5.00. The van der Waals surface area contributed by atoms with Crippen LogP contribution in [0.5, 0.6) is 0 Å². The Hall–Kier alpha value is -2.36. The SMILES string of the molecule is O=C(C1Cc2ccccc2C1)N1CCN(c2cccnc2)CC1. The van der Waals surface area contributed by atoms with E-state index in [0.29, 0.717) is 5.91 Å². The molecule has 4 heteroatoms. The average molecular weight is 307 g/mol. The Kier molecular flexibility index (Phi) is 3.74. The predicted octanol–water partition coefficient (Wildman–Crippen LogP) is 2.15. The number of anilines is 1. The van der Waals surface area contributed by atoms with E-state index in [1.165, 1.54) is 11.1 Å². The van der Waals surface area contributed by atoms with Crippen LogP contribution in [0.1, 0.15) is 11.1 Å². The van der Waals surface area contributed by atoms with Crippen molar-refractivity contribution in [2.45, 2.75) is 12.8 Å². The van der Waals surface area contributed by atoms with Crippen LogP contribution in [-0.2, 0) is 17.6 Å². The van der Waals surface area contributed by atoms with Gasteiger partial charge in [0.25, 0.3) is 0 Å². The number of hydrogen-bond acceptors (Lipinski definition) is 3. The lowest BCUT2D eigenvalue weighted by Gasteiger charge is -2.37. The smallest absolute Gasteiger partial charge is 0.226 e. The molecule has 0 saturated carbocycles. The summed E-state index contributed by atoms with van der Waals surface area (Å²) in [5, 5.41) is 0. The highest BCUT2D eigenvalue weighted by atomic mass is 16.2. The van der Waals surface area contributed by atoms with Gasteiger partial charge < -0.3 is 9.80 Å². The van der Waals surface area contributed by atoms with Gasteiger partial charge in [-0.15, -0.1) is 0 Å². The quantitative estimate of drug-likeness (QED) is 0.853. The number of piperazine rings is 1. The molecule has 1 aromatic carbocycles. The first kappa shape index (κ1) is 14.2. The summed E-state index contributed by atoms with van der Waals surface area (Å²) in [6.45, 7) is 3.38. The molecule has 0 unspecified atom stereocenters. The lowest BCUT2D eigenvalue weighted by Crippen LogP contribution is -2.50. The number of fused-ring (bicyclic) bond motifs is 1. The van der Waals surface area contributed by atoms with Crippen LogP contribution in [0.2, 0.25) is 0 Å². The van der Waals surface area contributed by atoms with Crippen molar-refractivity contribution in [3.8, 4) is 0 Å². The van der Waals surface area contributed by atoms with Crippen LogP contribution < -0.4 is 4.90 Å². The molecule has 1 amide bonds. The molecule has 0 radical (unpaired) electrons. The molecule has 2 heterocycles. The molecule has 1 saturated heterocycles. The van der Waals surface area contributed by atoms with Gasteiger partial charge in [0.1, 0.15) is 0 Å². The van der Waals surface area contributed by atoms with Gasteiger partial charge in [-0.1, -0.05) is 24.3 Å². The summed E-state index contributed by atoms with van der Waals surface area (Å²) in [5.41, 5.74) is 3.84. The summed E-state index contributed by atoms with van der Waals surface area (Å²) < 4.78 is 0. The van der Waals surface area contributed by atoms with Gasteiger partial charge in [-0.25, -0.2) is 0 Å². The number of pyridine rings is 1. The number of nitrogens with zero attached hydrogens (tertiary/aromatic N) is 3. The maximum atomic E-state index is 12.8. The second-order valence-corrected chi connectivity index (χ2v) is 6.40. The van der Waals surface area contributed by atoms with Crippen molar-refractivity contribution < 1.29 is 4.79 Å². The van der Waals surface area contributed by atoms with Crippen molar-refractivity contribution in [3.05, 3.63) is 59.9 Å². The van der Waals surface area contributed by atoms with Crippen molar-refractivity contribution >= 4 is 11.6 Å². The van der Waals surface area contributed by atoms with Gasteiger partial charge in [0.15, 0.2) is 0 Å². The Balaban J connectivity index is 1.37. The Labute approximate surface area is 136 Å². The Morgan fingerprint density at radius 3 is 2.26 bits per heavy atom. The number of benzene rings is 1. The van der Waals surface area contributed by atoms with Crippen LogP contribution >= 0.6 is 0 Å². The fourth-order valence-electron chi connectivity index (χ4n) is 3.72. The maximum absolute atomic E-state index is 12.8. The summed E-state index contributed by atoms with van der Waals surface area (Å²) in [4.78, 5) is 21.3. The highest BCUT2D eigenvalue weighted by Crippen LogP contribution is 2.28. The van der Waals surface area contributed by atoms with Crippen molar-refractivity contribution in [3.63, 3.8) is 0 Å². The lowest BCUT2D eigenvalue weighted by atomic mass is 10.0. The summed E-state index contributed by atoms with van der Waals surface area (Å²) in [6, 6.07) is 12.5. The molecule has 1 aromatic heterocycles. The molecule has 2 aliphatic rings. The average Bonchev–Trinajstić information content (AvgIpc) is 3.06.